The van der Waals surface area contributed by atoms with E-state index in [1.165, 1.54) is 72.9 Å². The summed E-state index contributed by atoms with van der Waals surface area (Å²) in [6.07, 6.45) is 10.7. The number of benzene rings is 2. The molecule has 0 spiro atoms. The topological polar surface area (TPSA) is 21.3 Å². The van der Waals surface area contributed by atoms with Crippen molar-refractivity contribution in [3.63, 3.8) is 0 Å². The molecule has 3 atom stereocenters. The minimum absolute atomic E-state index is 0.394. The van der Waals surface area contributed by atoms with E-state index in [-0.39, 0.29) is 0 Å². The van der Waals surface area contributed by atoms with Crippen LogP contribution in [0, 0.1) is 19.8 Å². The molecule has 1 aliphatic heterocycles. The second-order valence-electron chi connectivity index (χ2n) is 9.82. The molecule has 1 N–H and O–H groups in total. The molecule has 2 heteroatoms. The van der Waals surface area contributed by atoms with Crippen molar-refractivity contribution < 1.29 is 4.74 Å². The van der Waals surface area contributed by atoms with Crippen LogP contribution in [0.25, 0.3) is 0 Å². The van der Waals surface area contributed by atoms with Gasteiger partial charge in [-0.15, -0.1) is 0 Å². The second kappa shape index (κ2) is 10.0. The molecule has 1 aliphatic carbocycles. The lowest BCUT2D eigenvalue weighted by molar-refractivity contribution is 0.0763. The van der Waals surface area contributed by atoms with E-state index in [1.54, 1.807) is 0 Å². The molecule has 2 aromatic rings. The summed E-state index contributed by atoms with van der Waals surface area (Å²) in [5.74, 6) is 2.48. The second-order valence-corrected chi connectivity index (χ2v) is 9.82. The van der Waals surface area contributed by atoms with E-state index >= 15 is 0 Å². The van der Waals surface area contributed by atoms with Gasteiger partial charge in [0.2, 0.25) is 0 Å². The number of nitrogens with one attached hydrogen (secondary N) is 1. The van der Waals surface area contributed by atoms with Gasteiger partial charge in [0, 0.05) is 18.5 Å². The fourth-order valence-corrected chi connectivity index (χ4v) is 5.52. The van der Waals surface area contributed by atoms with Crippen LogP contribution in [-0.4, -0.2) is 18.7 Å². The van der Waals surface area contributed by atoms with Crippen molar-refractivity contribution in [3.8, 4) is 5.75 Å². The highest BCUT2D eigenvalue weighted by molar-refractivity contribution is 5.47. The lowest BCUT2D eigenvalue weighted by atomic mass is 9.78. The molecule has 0 amide bonds. The van der Waals surface area contributed by atoms with Gasteiger partial charge in [-0.1, -0.05) is 67.3 Å². The van der Waals surface area contributed by atoms with Crippen molar-refractivity contribution in [1.82, 2.24) is 5.32 Å². The SMILES string of the molecule is Cc1cc(C)c2c(c1)C(CNC(C)CCc1ccccc1)CC(C1CCCCC1)O2. The molecule has 2 aliphatic rings. The Morgan fingerprint density at radius 2 is 1.80 bits per heavy atom. The van der Waals surface area contributed by atoms with Gasteiger partial charge in [-0.05, 0) is 75.5 Å². The Morgan fingerprint density at radius 3 is 2.57 bits per heavy atom. The van der Waals surface area contributed by atoms with E-state index in [1.807, 2.05) is 0 Å². The smallest absolute Gasteiger partial charge is 0.126 e. The average Bonchev–Trinajstić information content (AvgIpc) is 2.77. The third-order valence-electron chi connectivity index (χ3n) is 7.27. The average molecular weight is 406 g/mol. The normalized spacial score (nSPS) is 22.9. The van der Waals surface area contributed by atoms with Crippen molar-refractivity contribution in [2.24, 2.45) is 5.92 Å². The molecule has 30 heavy (non-hydrogen) atoms. The molecular weight excluding hydrogens is 366 g/mol. The first kappa shape index (κ1) is 21.4. The van der Waals surface area contributed by atoms with Crippen LogP contribution in [0.15, 0.2) is 42.5 Å². The monoisotopic (exact) mass is 405 g/mol. The highest BCUT2D eigenvalue weighted by Gasteiger charge is 2.34. The molecule has 1 heterocycles. The summed E-state index contributed by atoms with van der Waals surface area (Å²) in [6, 6.07) is 16.0. The first-order valence-corrected chi connectivity index (χ1v) is 12.1. The van der Waals surface area contributed by atoms with Crippen LogP contribution in [0.2, 0.25) is 0 Å². The van der Waals surface area contributed by atoms with E-state index in [4.69, 9.17) is 4.74 Å². The van der Waals surface area contributed by atoms with E-state index in [0.29, 0.717) is 18.1 Å². The van der Waals surface area contributed by atoms with Crippen molar-refractivity contribution in [3.05, 3.63) is 64.7 Å². The van der Waals surface area contributed by atoms with Crippen LogP contribution in [0.4, 0.5) is 0 Å². The maximum Gasteiger partial charge on any atom is 0.126 e. The van der Waals surface area contributed by atoms with Gasteiger partial charge in [-0.25, -0.2) is 0 Å². The van der Waals surface area contributed by atoms with E-state index in [0.717, 1.165) is 18.9 Å². The fraction of sp³-hybridized carbons (Fsp3) is 0.571. The molecule has 0 saturated heterocycles. The number of ether oxygens (including phenoxy) is 1. The Hall–Kier alpha value is -1.80. The number of rotatable bonds is 7. The summed E-state index contributed by atoms with van der Waals surface area (Å²) in [5.41, 5.74) is 5.54. The predicted molar refractivity (Wildman–Crippen MR) is 126 cm³/mol. The number of hydrogen-bond acceptors (Lipinski definition) is 2. The zero-order valence-electron chi connectivity index (χ0n) is 19.1. The molecule has 3 unspecified atom stereocenters. The first-order chi connectivity index (χ1) is 14.6. The summed E-state index contributed by atoms with van der Waals surface area (Å²) >= 11 is 0. The Balaban J connectivity index is 1.42. The molecule has 1 saturated carbocycles. The van der Waals surface area contributed by atoms with Crippen LogP contribution >= 0.6 is 0 Å². The molecule has 0 bridgehead atoms. The van der Waals surface area contributed by atoms with Crippen LogP contribution < -0.4 is 10.1 Å². The minimum Gasteiger partial charge on any atom is -0.490 e. The van der Waals surface area contributed by atoms with Crippen LogP contribution in [0.3, 0.4) is 0 Å². The number of aryl methyl sites for hydroxylation is 3. The van der Waals surface area contributed by atoms with E-state index in [2.05, 4.69) is 68.6 Å². The molecule has 2 nitrogen and oxygen atoms in total. The van der Waals surface area contributed by atoms with Crippen LogP contribution in [-0.2, 0) is 6.42 Å². The third-order valence-corrected chi connectivity index (χ3v) is 7.27. The summed E-state index contributed by atoms with van der Waals surface area (Å²) in [5, 5.41) is 3.87. The standard InChI is InChI=1S/C28H39NO/c1-20-16-21(2)28-26(17-20)25(18-27(30-28)24-12-8-5-9-13-24)19-29-22(3)14-15-23-10-6-4-7-11-23/h4,6-7,10-11,16-17,22,24-25,27,29H,5,8-9,12-15,18-19H2,1-3H3. The summed E-state index contributed by atoms with van der Waals surface area (Å²) in [4.78, 5) is 0. The van der Waals surface area contributed by atoms with Gasteiger partial charge in [-0.2, -0.15) is 0 Å². The van der Waals surface area contributed by atoms with Crippen LogP contribution in [0.1, 0.15) is 80.0 Å². The molecular formula is C28H39NO. The lowest BCUT2D eigenvalue weighted by Gasteiger charge is -2.39. The highest BCUT2D eigenvalue weighted by atomic mass is 16.5. The van der Waals surface area contributed by atoms with Gasteiger partial charge < -0.3 is 10.1 Å². The lowest BCUT2D eigenvalue weighted by Crippen LogP contribution is -2.39. The van der Waals surface area contributed by atoms with Gasteiger partial charge in [0.25, 0.3) is 0 Å². The molecule has 4 rings (SSSR count). The van der Waals surface area contributed by atoms with Gasteiger partial charge in [0.05, 0.1) is 0 Å². The largest absolute Gasteiger partial charge is 0.490 e. The zero-order chi connectivity index (χ0) is 20.9. The quantitative estimate of drug-likeness (QED) is 0.551. The summed E-state index contributed by atoms with van der Waals surface area (Å²) in [6.45, 7) is 7.83. The molecule has 0 radical (unpaired) electrons. The molecule has 1 fully saturated rings. The maximum absolute atomic E-state index is 6.67. The van der Waals surface area contributed by atoms with Crippen molar-refractivity contribution in [2.75, 3.05) is 6.54 Å². The summed E-state index contributed by atoms with van der Waals surface area (Å²) in [7, 11) is 0. The molecule has 0 aromatic heterocycles. The Bertz CT molecular complexity index is 809. The highest BCUT2D eigenvalue weighted by Crippen LogP contribution is 2.43. The van der Waals surface area contributed by atoms with Gasteiger partial charge in [-0.3, -0.25) is 0 Å². The first-order valence-electron chi connectivity index (χ1n) is 12.1. The number of fused-ring (bicyclic) bond motifs is 1. The molecule has 162 valence electrons. The zero-order valence-corrected chi connectivity index (χ0v) is 19.1. The van der Waals surface area contributed by atoms with E-state index < -0.39 is 0 Å². The van der Waals surface area contributed by atoms with Crippen molar-refractivity contribution in [1.29, 1.82) is 0 Å². The van der Waals surface area contributed by atoms with Gasteiger partial charge in [0.1, 0.15) is 11.9 Å². The fourth-order valence-electron chi connectivity index (χ4n) is 5.52. The number of hydrogen-bond donors (Lipinski definition) is 1. The Labute approximate surface area is 183 Å². The third kappa shape index (κ3) is 5.27. The van der Waals surface area contributed by atoms with Crippen LogP contribution in [0.5, 0.6) is 5.75 Å². The molecule has 2 aromatic carbocycles. The van der Waals surface area contributed by atoms with Gasteiger partial charge in [0.15, 0.2) is 0 Å². The van der Waals surface area contributed by atoms with E-state index in [9.17, 15) is 0 Å². The maximum atomic E-state index is 6.67. The Morgan fingerprint density at radius 1 is 1.03 bits per heavy atom. The Kier molecular flexibility index (Phi) is 7.15. The van der Waals surface area contributed by atoms with Crippen molar-refractivity contribution >= 4 is 0 Å². The minimum atomic E-state index is 0.394. The summed E-state index contributed by atoms with van der Waals surface area (Å²) < 4.78 is 6.67. The predicted octanol–water partition coefficient (Wildman–Crippen LogP) is 6.73. The van der Waals surface area contributed by atoms with Crippen molar-refractivity contribution in [2.45, 2.75) is 90.2 Å². The van der Waals surface area contributed by atoms with Gasteiger partial charge >= 0.3 is 0 Å².